The third kappa shape index (κ3) is 10.1. The second kappa shape index (κ2) is 19.5. The lowest BCUT2D eigenvalue weighted by Crippen LogP contribution is -2.59. The van der Waals surface area contributed by atoms with Gasteiger partial charge >= 0.3 is 5.97 Å². The first-order chi connectivity index (χ1) is 25.2. The molecule has 0 saturated carbocycles. The number of rotatable bonds is 14. The van der Waals surface area contributed by atoms with E-state index in [1.807, 2.05) is 6.08 Å². The molecule has 1 saturated heterocycles. The van der Waals surface area contributed by atoms with Crippen LogP contribution in [0.4, 0.5) is 11.4 Å². The number of benzene rings is 2. The highest BCUT2D eigenvalue weighted by Crippen LogP contribution is 2.55. The normalized spacial score (nSPS) is 21.2. The minimum atomic E-state index is -0.831. The Morgan fingerprint density at radius 3 is 2.02 bits per heavy atom. The second-order valence-corrected chi connectivity index (χ2v) is 14.4. The summed E-state index contributed by atoms with van der Waals surface area (Å²) in [6.45, 7) is 10.9. The number of non-ortho nitro benzene ring substituents is 1. The summed E-state index contributed by atoms with van der Waals surface area (Å²) in [6, 6.07) is 11.8. The number of nitro groups is 1. The molecule has 5 rings (SSSR count). The van der Waals surface area contributed by atoms with E-state index in [0.29, 0.717) is 83.8 Å². The van der Waals surface area contributed by atoms with Crippen LogP contribution >= 0.6 is 0 Å². The van der Waals surface area contributed by atoms with E-state index in [1.165, 1.54) is 5.56 Å². The number of para-hydroxylation sites is 1. The molecule has 3 aliphatic heterocycles. The monoisotopic (exact) mass is 723 g/mol. The number of carboxylic acids is 1. The van der Waals surface area contributed by atoms with Crippen LogP contribution in [0.2, 0.25) is 0 Å². The Labute approximate surface area is 308 Å². The molecule has 3 heterocycles. The summed E-state index contributed by atoms with van der Waals surface area (Å²) in [5, 5.41) is 21.0. The van der Waals surface area contributed by atoms with E-state index in [0.717, 1.165) is 69.2 Å². The number of aliphatic carboxylic acids is 1. The Balaban J connectivity index is 1.34. The number of carboxylic acid groups (broad SMARTS) is 1. The van der Waals surface area contributed by atoms with E-state index in [-0.39, 0.29) is 17.0 Å². The van der Waals surface area contributed by atoms with Gasteiger partial charge in [0.2, 0.25) is 5.72 Å². The highest BCUT2D eigenvalue weighted by Gasteiger charge is 2.58. The Morgan fingerprint density at radius 1 is 0.827 bits per heavy atom. The van der Waals surface area contributed by atoms with Crippen LogP contribution in [-0.4, -0.2) is 99.1 Å². The molecule has 2 aromatic rings. The summed E-state index contributed by atoms with van der Waals surface area (Å²) in [4.78, 5) is 27.2. The molecule has 1 spiro atoms. The lowest BCUT2D eigenvalue weighted by atomic mass is 9.76. The van der Waals surface area contributed by atoms with Crippen LogP contribution in [0, 0.1) is 10.1 Å². The van der Waals surface area contributed by atoms with Gasteiger partial charge in [-0.1, -0.05) is 56.7 Å². The van der Waals surface area contributed by atoms with Crippen LogP contribution in [-0.2, 0) is 35.7 Å². The van der Waals surface area contributed by atoms with Gasteiger partial charge in [-0.3, -0.25) is 19.8 Å². The van der Waals surface area contributed by atoms with Crippen LogP contribution in [0.1, 0.15) is 88.3 Å². The summed E-state index contributed by atoms with van der Waals surface area (Å²) >= 11 is 0. The Hall–Kier alpha value is -3.55. The lowest BCUT2D eigenvalue weighted by Gasteiger charge is -2.47. The van der Waals surface area contributed by atoms with Gasteiger partial charge in [0.25, 0.3) is 5.69 Å². The Kier molecular flexibility index (Phi) is 14.9. The number of nitro benzene ring substituents is 1. The molecule has 0 aromatic heterocycles. The summed E-state index contributed by atoms with van der Waals surface area (Å²) in [7, 11) is 0. The molecule has 1 atom stereocenters. The molecule has 0 amide bonds. The molecule has 52 heavy (non-hydrogen) atoms. The van der Waals surface area contributed by atoms with Crippen LogP contribution in [0.25, 0.3) is 6.08 Å². The molecule has 0 radical (unpaired) electrons. The first-order valence-electron chi connectivity index (χ1n) is 19.0. The summed E-state index contributed by atoms with van der Waals surface area (Å²) in [5.74, 6) is -0.0496. The third-order valence-electron chi connectivity index (χ3n) is 10.4. The topological polar surface area (TPSA) is 133 Å². The first-order valence-corrected chi connectivity index (χ1v) is 19.0. The average Bonchev–Trinajstić information content (AvgIpc) is 3.29. The van der Waals surface area contributed by atoms with Crippen LogP contribution < -0.4 is 9.64 Å². The van der Waals surface area contributed by atoms with Crippen molar-refractivity contribution < 1.29 is 38.5 Å². The van der Waals surface area contributed by atoms with E-state index in [9.17, 15) is 14.9 Å². The molecule has 286 valence electrons. The fraction of sp³-hybridized carbons (Fsp3) is 0.625. The van der Waals surface area contributed by atoms with E-state index >= 15 is 0 Å². The predicted molar refractivity (Wildman–Crippen MR) is 200 cm³/mol. The van der Waals surface area contributed by atoms with E-state index in [2.05, 4.69) is 54.0 Å². The Morgan fingerprint density at radius 2 is 1.40 bits per heavy atom. The maximum Gasteiger partial charge on any atom is 0.303 e. The smallest absolute Gasteiger partial charge is 0.303 e. The van der Waals surface area contributed by atoms with Crippen molar-refractivity contribution in [3.05, 3.63) is 69.3 Å². The SMILES string of the molecule is CC1(C)c2ccccc2N(CCCCCCCCCCC(=O)O)C12C=Cc1cc([N+](=O)[O-])cc(CN3CCOCCOCCOCCOCC3)c1O2. The molecule has 1 N–H and O–H groups in total. The lowest BCUT2D eigenvalue weighted by molar-refractivity contribution is -0.385. The molecule has 0 bridgehead atoms. The van der Waals surface area contributed by atoms with Crippen molar-refractivity contribution in [2.45, 2.75) is 89.3 Å². The zero-order chi connectivity index (χ0) is 36.8. The van der Waals surface area contributed by atoms with Crippen molar-refractivity contribution in [3.8, 4) is 5.75 Å². The predicted octanol–water partition coefficient (Wildman–Crippen LogP) is 6.97. The van der Waals surface area contributed by atoms with Crippen molar-refractivity contribution >= 4 is 23.4 Å². The van der Waals surface area contributed by atoms with E-state index in [4.69, 9.17) is 28.8 Å². The highest BCUT2D eigenvalue weighted by molar-refractivity contribution is 5.74. The van der Waals surface area contributed by atoms with Gasteiger partial charge in [0.15, 0.2) is 0 Å². The zero-order valence-corrected chi connectivity index (χ0v) is 31.0. The number of ether oxygens (including phenoxy) is 5. The van der Waals surface area contributed by atoms with Crippen molar-refractivity contribution in [3.63, 3.8) is 0 Å². The van der Waals surface area contributed by atoms with Gasteiger partial charge in [-0.15, -0.1) is 0 Å². The fourth-order valence-corrected chi connectivity index (χ4v) is 7.54. The third-order valence-corrected chi connectivity index (χ3v) is 10.4. The number of hydrogen-bond donors (Lipinski definition) is 1. The van der Waals surface area contributed by atoms with E-state index in [1.54, 1.807) is 12.1 Å². The molecule has 0 aliphatic carbocycles. The molecule has 1 fully saturated rings. The number of nitrogens with zero attached hydrogens (tertiary/aromatic N) is 3. The second-order valence-electron chi connectivity index (χ2n) is 14.4. The molecule has 1 unspecified atom stereocenters. The van der Waals surface area contributed by atoms with Gasteiger partial charge in [-0.2, -0.15) is 0 Å². The Bertz CT molecular complexity index is 1480. The maximum atomic E-state index is 12.1. The summed E-state index contributed by atoms with van der Waals surface area (Å²) in [5.41, 5.74) is 2.59. The van der Waals surface area contributed by atoms with Crippen LogP contribution in [0.15, 0.2) is 42.5 Å². The number of unbranched alkanes of at least 4 members (excludes halogenated alkanes) is 7. The van der Waals surface area contributed by atoms with Crippen molar-refractivity contribution in [1.29, 1.82) is 0 Å². The number of hydrogen-bond acceptors (Lipinski definition) is 10. The van der Waals surface area contributed by atoms with Gasteiger partial charge in [0.1, 0.15) is 5.75 Å². The van der Waals surface area contributed by atoms with Crippen LogP contribution in [0.5, 0.6) is 5.75 Å². The number of carbonyl (C=O) groups is 1. The van der Waals surface area contributed by atoms with Crippen molar-refractivity contribution in [2.24, 2.45) is 0 Å². The van der Waals surface area contributed by atoms with Gasteiger partial charge in [-0.25, -0.2) is 0 Å². The number of anilines is 1. The molecule has 12 nitrogen and oxygen atoms in total. The van der Waals surface area contributed by atoms with E-state index < -0.39 is 17.1 Å². The molecular formula is C40H57N3O9. The number of fused-ring (bicyclic) bond motifs is 2. The minimum absolute atomic E-state index is 0.0331. The maximum absolute atomic E-state index is 12.1. The van der Waals surface area contributed by atoms with Crippen molar-refractivity contribution in [1.82, 2.24) is 4.90 Å². The van der Waals surface area contributed by atoms with Crippen molar-refractivity contribution in [2.75, 3.05) is 77.4 Å². The molecular weight excluding hydrogens is 666 g/mol. The standard InChI is InChI=1S/C40H57N3O9/c1-39(2)35-13-10-11-14-36(35)42(18-12-8-6-4-3-5-7-9-15-37(44)45)40(39)17-16-32-29-34(43(46)47)30-33(38(32)52-40)31-41-19-21-48-23-25-50-27-28-51-26-24-49-22-20-41/h10-11,13-14,16-17,29-30H,3-9,12,15,18-28,31H2,1-2H3,(H,44,45). The molecule has 12 heteroatoms. The average molecular weight is 724 g/mol. The summed E-state index contributed by atoms with van der Waals surface area (Å²) < 4.78 is 30.2. The van der Waals surface area contributed by atoms with Crippen LogP contribution in [0.3, 0.4) is 0 Å². The van der Waals surface area contributed by atoms with Gasteiger partial charge < -0.3 is 33.7 Å². The summed E-state index contributed by atoms with van der Waals surface area (Å²) in [6.07, 6.45) is 12.6. The molecule has 2 aromatic carbocycles. The largest absolute Gasteiger partial charge is 0.481 e. The quantitative estimate of drug-likeness (QED) is 0.123. The van der Waals surface area contributed by atoms with Gasteiger partial charge in [0.05, 0.1) is 63.2 Å². The minimum Gasteiger partial charge on any atom is -0.481 e. The molecule has 3 aliphatic rings. The highest BCUT2D eigenvalue weighted by atomic mass is 16.6. The van der Waals surface area contributed by atoms with Gasteiger partial charge in [-0.05, 0) is 50.5 Å². The fourth-order valence-electron chi connectivity index (χ4n) is 7.54. The zero-order valence-electron chi connectivity index (χ0n) is 31.0. The van der Waals surface area contributed by atoms with Gasteiger partial charge in [0, 0.05) is 61.5 Å². The first kappa shape index (κ1) is 39.7.